The van der Waals surface area contributed by atoms with Crippen LogP contribution in [0.3, 0.4) is 0 Å². The van der Waals surface area contributed by atoms with Crippen LogP contribution >= 0.6 is 0 Å². The van der Waals surface area contributed by atoms with Gasteiger partial charge in [-0.25, -0.2) is 9.97 Å². The van der Waals surface area contributed by atoms with Gasteiger partial charge in [-0.3, -0.25) is 0 Å². The standard InChI is InChI=1S/C13H24N4O/c1-6-7-14-11-10(2)12(16-9-15-11)17(5)13(3,4)8-18/h9,18H,6-8H2,1-5H3,(H,14,15,16). The Kier molecular flexibility index (Phi) is 4.90. The lowest BCUT2D eigenvalue weighted by molar-refractivity contribution is 0.215. The van der Waals surface area contributed by atoms with Gasteiger partial charge in [-0.05, 0) is 27.2 Å². The summed E-state index contributed by atoms with van der Waals surface area (Å²) in [6.45, 7) is 9.04. The number of likely N-dealkylation sites (N-methyl/N-ethyl adjacent to an activating group) is 1. The topological polar surface area (TPSA) is 61.3 Å². The number of aliphatic hydroxyl groups is 1. The van der Waals surface area contributed by atoms with Crippen molar-refractivity contribution in [1.29, 1.82) is 0 Å². The lowest BCUT2D eigenvalue weighted by Crippen LogP contribution is -2.45. The molecule has 1 aromatic rings. The third-order valence-corrected chi connectivity index (χ3v) is 3.21. The minimum absolute atomic E-state index is 0.0741. The molecule has 0 spiro atoms. The smallest absolute Gasteiger partial charge is 0.137 e. The lowest BCUT2D eigenvalue weighted by atomic mass is 10.0. The van der Waals surface area contributed by atoms with Crippen molar-refractivity contribution < 1.29 is 5.11 Å². The van der Waals surface area contributed by atoms with Gasteiger partial charge in [0.15, 0.2) is 0 Å². The highest BCUT2D eigenvalue weighted by Crippen LogP contribution is 2.26. The van der Waals surface area contributed by atoms with Crippen LogP contribution in [0.1, 0.15) is 32.8 Å². The molecule has 0 aliphatic rings. The highest BCUT2D eigenvalue weighted by molar-refractivity contribution is 5.58. The molecule has 5 heteroatoms. The second kappa shape index (κ2) is 6.00. The van der Waals surface area contributed by atoms with Crippen molar-refractivity contribution in [2.24, 2.45) is 0 Å². The van der Waals surface area contributed by atoms with Crippen molar-refractivity contribution in [2.75, 3.05) is 30.4 Å². The van der Waals surface area contributed by atoms with Gasteiger partial charge in [0.2, 0.25) is 0 Å². The second-order valence-corrected chi connectivity index (χ2v) is 5.13. The van der Waals surface area contributed by atoms with Crippen molar-refractivity contribution in [3.8, 4) is 0 Å². The number of aliphatic hydroxyl groups excluding tert-OH is 1. The van der Waals surface area contributed by atoms with E-state index in [2.05, 4.69) is 22.2 Å². The first-order valence-electron chi connectivity index (χ1n) is 6.34. The second-order valence-electron chi connectivity index (χ2n) is 5.13. The Morgan fingerprint density at radius 1 is 1.39 bits per heavy atom. The maximum Gasteiger partial charge on any atom is 0.137 e. The Morgan fingerprint density at radius 3 is 2.61 bits per heavy atom. The fraction of sp³-hybridized carbons (Fsp3) is 0.692. The summed E-state index contributed by atoms with van der Waals surface area (Å²) in [7, 11) is 1.94. The van der Waals surface area contributed by atoms with Crippen molar-refractivity contribution in [2.45, 2.75) is 39.7 Å². The molecular formula is C13H24N4O. The van der Waals surface area contributed by atoms with E-state index in [-0.39, 0.29) is 12.1 Å². The van der Waals surface area contributed by atoms with Crippen LogP contribution in [0.4, 0.5) is 11.6 Å². The summed E-state index contributed by atoms with van der Waals surface area (Å²) in [6, 6.07) is 0. The molecule has 0 bridgehead atoms. The van der Waals surface area contributed by atoms with Crippen LogP contribution in [0, 0.1) is 6.92 Å². The van der Waals surface area contributed by atoms with Gasteiger partial charge in [0.25, 0.3) is 0 Å². The molecule has 1 aromatic heterocycles. The van der Waals surface area contributed by atoms with Gasteiger partial charge < -0.3 is 15.3 Å². The van der Waals surface area contributed by atoms with Gasteiger partial charge in [0, 0.05) is 19.2 Å². The largest absolute Gasteiger partial charge is 0.394 e. The minimum atomic E-state index is -0.346. The molecule has 0 saturated heterocycles. The van der Waals surface area contributed by atoms with Crippen LogP contribution in [-0.4, -0.2) is 40.8 Å². The molecular weight excluding hydrogens is 228 g/mol. The van der Waals surface area contributed by atoms with Gasteiger partial charge in [-0.15, -0.1) is 0 Å². The number of hydrogen-bond donors (Lipinski definition) is 2. The van der Waals surface area contributed by atoms with E-state index in [1.54, 1.807) is 6.33 Å². The quantitative estimate of drug-likeness (QED) is 0.808. The molecule has 0 atom stereocenters. The third kappa shape index (κ3) is 3.10. The summed E-state index contributed by atoms with van der Waals surface area (Å²) in [5, 5.41) is 12.7. The zero-order valence-corrected chi connectivity index (χ0v) is 12.0. The van der Waals surface area contributed by atoms with E-state index in [4.69, 9.17) is 0 Å². The first-order chi connectivity index (χ1) is 8.44. The Hall–Kier alpha value is -1.36. The molecule has 0 fully saturated rings. The fourth-order valence-corrected chi connectivity index (χ4v) is 1.59. The molecule has 18 heavy (non-hydrogen) atoms. The third-order valence-electron chi connectivity index (χ3n) is 3.21. The van der Waals surface area contributed by atoms with Gasteiger partial charge in [0.1, 0.15) is 18.0 Å². The Morgan fingerprint density at radius 2 is 2.06 bits per heavy atom. The number of rotatable bonds is 6. The molecule has 0 amide bonds. The normalized spacial score (nSPS) is 11.4. The summed E-state index contributed by atoms with van der Waals surface area (Å²) in [5.74, 6) is 1.71. The number of nitrogens with zero attached hydrogens (tertiary/aromatic N) is 3. The van der Waals surface area contributed by atoms with Crippen LogP contribution < -0.4 is 10.2 Å². The summed E-state index contributed by atoms with van der Waals surface area (Å²) in [5.41, 5.74) is 0.663. The molecule has 0 aliphatic carbocycles. The van der Waals surface area contributed by atoms with Crippen LogP contribution in [0.2, 0.25) is 0 Å². The van der Waals surface area contributed by atoms with Gasteiger partial charge >= 0.3 is 0 Å². The first kappa shape index (κ1) is 14.7. The summed E-state index contributed by atoms with van der Waals surface area (Å²) < 4.78 is 0. The van der Waals surface area contributed by atoms with E-state index in [1.165, 1.54) is 0 Å². The highest BCUT2D eigenvalue weighted by Gasteiger charge is 2.25. The molecule has 0 unspecified atom stereocenters. The molecule has 0 saturated carbocycles. The molecule has 2 N–H and O–H groups in total. The summed E-state index contributed by atoms with van der Waals surface area (Å²) in [6.07, 6.45) is 2.61. The zero-order valence-electron chi connectivity index (χ0n) is 12.0. The molecule has 5 nitrogen and oxygen atoms in total. The number of anilines is 2. The molecule has 1 heterocycles. The predicted octanol–water partition coefficient (Wildman–Crippen LogP) is 1.81. The van der Waals surface area contributed by atoms with Gasteiger partial charge in [-0.2, -0.15) is 0 Å². The van der Waals surface area contributed by atoms with E-state index in [1.807, 2.05) is 32.7 Å². The van der Waals surface area contributed by atoms with Gasteiger partial charge in [-0.1, -0.05) is 6.92 Å². The fourth-order valence-electron chi connectivity index (χ4n) is 1.59. The summed E-state index contributed by atoms with van der Waals surface area (Å²) >= 11 is 0. The van der Waals surface area contributed by atoms with Gasteiger partial charge in [0.05, 0.1) is 12.1 Å². The van der Waals surface area contributed by atoms with Crippen molar-refractivity contribution >= 4 is 11.6 Å². The van der Waals surface area contributed by atoms with E-state index >= 15 is 0 Å². The molecule has 102 valence electrons. The summed E-state index contributed by atoms with van der Waals surface area (Å²) in [4.78, 5) is 10.6. The van der Waals surface area contributed by atoms with E-state index in [0.29, 0.717) is 0 Å². The van der Waals surface area contributed by atoms with Crippen LogP contribution in [-0.2, 0) is 0 Å². The molecule has 0 aliphatic heterocycles. The average Bonchev–Trinajstić information content (AvgIpc) is 2.36. The maximum absolute atomic E-state index is 9.43. The number of nitrogens with one attached hydrogen (secondary N) is 1. The van der Waals surface area contributed by atoms with Crippen molar-refractivity contribution in [1.82, 2.24) is 9.97 Å². The monoisotopic (exact) mass is 252 g/mol. The van der Waals surface area contributed by atoms with Crippen molar-refractivity contribution in [3.63, 3.8) is 0 Å². The highest BCUT2D eigenvalue weighted by atomic mass is 16.3. The minimum Gasteiger partial charge on any atom is -0.394 e. The maximum atomic E-state index is 9.43. The Balaban J connectivity index is 3.03. The Labute approximate surface area is 109 Å². The van der Waals surface area contributed by atoms with E-state index in [9.17, 15) is 5.11 Å². The first-order valence-corrected chi connectivity index (χ1v) is 6.34. The van der Waals surface area contributed by atoms with Crippen LogP contribution in [0.5, 0.6) is 0 Å². The molecule has 0 radical (unpaired) electrons. The Bertz CT molecular complexity index is 393. The van der Waals surface area contributed by atoms with Crippen molar-refractivity contribution in [3.05, 3.63) is 11.9 Å². The number of aromatic nitrogens is 2. The predicted molar refractivity (Wildman–Crippen MR) is 75.1 cm³/mol. The SMILES string of the molecule is CCCNc1ncnc(N(C)C(C)(C)CO)c1C. The molecule has 1 rings (SSSR count). The van der Waals surface area contributed by atoms with E-state index < -0.39 is 0 Å². The van der Waals surface area contributed by atoms with Crippen LogP contribution in [0.25, 0.3) is 0 Å². The lowest BCUT2D eigenvalue weighted by Gasteiger charge is -2.35. The zero-order chi connectivity index (χ0) is 13.8. The van der Waals surface area contributed by atoms with E-state index in [0.717, 1.165) is 30.2 Å². The molecule has 0 aromatic carbocycles. The average molecular weight is 252 g/mol. The van der Waals surface area contributed by atoms with Crippen LogP contribution in [0.15, 0.2) is 6.33 Å². The number of hydrogen-bond acceptors (Lipinski definition) is 5.